The summed E-state index contributed by atoms with van der Waals surface area (Å²) in [4.78, 5) is 8.15. The number of nitrogen functional groups attached to an aromatic ring is 1. The van der Waals surface area contributed by atoms with E-state index in [1.807, 2.05) is 17.6 Å². The molecule has 0 amide bonds. The van der Waals surface area contributed by atoms with Crippen molar-refractivity contribution < 1.29 is 9.84 Å². The minimum atomic E-state index is 0.0475. The molecule has 0 aromatic carbocycles. The lowest BCUT2D eigenvalue weighted by Gasteiger charge is -2.00. The van der Waals surface area contributed by atoms with Crippen LogP contribution in [0.25, 0.3) is 0 Å². The predicted molar refractivity (Wildman–Crippen MR) is 58.1 cm³/mol. The van der Waals surface area contributed by atoms with E-state index in [1.165, 1.54) is 0 Å². The summed E-state index contributed by atoms with van der Waals surface area (Å²) in [5, 5.41) is 15.8. The first kappa shape index (κ1) is 11.0. The van der Waals surface area contributed by atoms with Crippen molar-refractivity contribution in [3.63, 3.8) is 0 Å². The van der Waals surface area contributed by atoms with Gasteiger partial charge in [0.05, 0.1) is 12.2 Å². The highest BCUT2D eigenvalue weighted by Crippen LogP contribution is 2.05. The molecule has 0 aliphatic heterocycles. The Balaban J connectivity index is 2.17. The van der Waals surface area contributed by atoms with Crippen molar-refractivity contribution in [2.75, 3.05) is 5.73 Å². The van der Waals surface area contributed by atoms with Gasteiger partial charge in [0.15, 0.2) is 17.3 Å². The Labute approximate surface area is 96.1 Å². The molecule has 0 unspecified atom stereocenters. The second kappa shape index (κ2) is 5.03. The SMILES string of the molecule is Nc1nonc1C(=NCc1ccccn1)NO. The van der Waals surface area contributed by atoms with Crippen LogP contribution in [0.3, 0.4) is 0 Å². The summed E-state index contributed by atoms with van der Waals surface area (Å²) in [6.07, 6.45) is 1.66. The first-order valence-corrected chi connectivity index (χ1v) is 4.74. The minimum absolute atomic E-state index is 0.0475. The predicted octanol–water partition coefficient (Wildman–Crippen LogP) is -0.0276. The molecule has 2 aromatic rings. The van der Waals surface area contributed by atoms with Gasteiger partial charge in [-0.25, -0.2) is 4.63 Å². The third kappa shape index (κ3) is 2.55. The fraction of sp³-hybridized carbons (Fsp3) is 0.111. The Bertz CT molecular complexity index is 509. The lowest BCUT2D eigenvalue weighted by atomic mass is 10.3. The van der Waals surface area contributed by atoms with Crippen molar-refractivity contribution in [1.82, 2.24) is 20.8 Å². The zero-order valence-electron chi connectivity index (χ0n) is 8.74. The van der Waals surface area contributed by atoms with E-state index in [-0.39, 0.29) is 23.9 Å². The van der Waals surface area contributed by atoms with Gasteiger partial charge in [0.25, 0.3) is 0 Å². The second-order valence-corrected chi connectivity index (χ2v) is 3.10. The van der Waals surface area contributed by atoms with Gasteiger partial charge in [-0.15, -0.1) is 0 Å². The highest BCUT2D eigenvalue weighted by molar-refractivity contribution is 5.99. The first-order valence-electron chi connectivity index (χ1n) is 4.74. The maximum absolute atomic E-state index is 8.93. The number of hydroxylamine groups is 1. The van der Waals surface area contributed by atoms with Crippen LogP contribution in [0.5, 0.6) is 0 Å². The summed E-state index contributed by atoms with van der Waals surface area (Å²) in [6, 6.07) is 5.46. The molecular formula is C9H10N6O2. The summed E-state index contributed by atoms with van der Waals surface area (Å²) in [5.74, 6) is 0.126. The molecule has 0 fully saturated rings. The maximum atomic E-state index is 8.93. The first-order chi connectivity index (χ1) is 8.31. The van der Waals surface area contributed by atoms with Crippen molar-refractivity contribution in [1.29, 1.82) is 0 Å². The van der Waals surface area contributed by atoms with Gasteiger partial charge < -0.3 is 5.73 Å². The molecule has 0 aliphatic rings. The molecule has 17 heavy (non-hydrogen) atoms. The average Bonchev–Trinajstić information content (AvgIpc) is 2.78. The van der Waals surface area contributed by atoms with Gasteiger partial charge in [0.1, 0.15) is 0 Å². The number of hydrogen-bond acceptors (Lipinski definition) is 7. The van der Waals surface area contributed by atoms with Gasteiger partial charge in [-0.1, -0.05) is 6.07 Å². The number of anilines is 1. The van der Waals surface area contributed by atoms with Gasteiger partial charge in [-0.2, -0.15) is 0 Å². The van der Waals surface area contributed by atoms with E-state index in [0.29, 0.717) is 0 Å². The van der Waals surface area contributed by atoms with Crippen LogP contribution in [0.1, 0.15) is 11.4 Å². The number of aliphatic imine (C=N–C) groups is 1. The molecule has 8 heteroatoms. The topological polar surface area (TPSA) is 122 Å². The summed E-state index contributed by atoms with van der Waals surface area (Å²) in [6.45, 7) is 0.274. The van der Waals surface area contributed by atoms with Crippen molar-refractivity contribution in [2.45, 2.75) is 6.54 Å². The van der Waals surface area contributed by atoms with Gasteiger partial charge in [0.2, 0.25) is 0 Å². The average molecular weight is 234 g/mol. The number of hydrogen-bond donors (Lipinski definition) is 3. The maximum Gasteiger partial charge on any atom is 0.199 e. The van der Waals surface area contributed by atoms with E-state index in [4.69, 9.17) is 10.9 Å². The monoisotopic (exact) mass is 234 g/mol. The Morgan fingerprint density at radius 3 is 2.94 bits per heavy atom. The molecule has 0 radical (unpaired) electrons. The molecule has 0 saturated heterocycles. The quantitative estimate of drug-likeness (QED) is 0.387. The van der Waals surface area contributed by atoms with E-state index in [2.05, 4.69) is 24.9 Å². The van der Waals surface area contributed by atoms with Crippen molar-refractivity contribution in [3.05, 3.63) is 35.8 Å². The van der Waals surface area contributed by atoms with E-state index < -0.39 is 0 Å². The molecule has 88 valence electrons. The Morgan fingerprint density at radius 1 is 1.47 bits per heavy atom. The molecule has 0 spiro atoms. The molecule has 0 aliphatic carbocycles. The van der Waals surface area contributed by atoms with Crippen LogP contribution in [0, 0.1) is 0 Å². The number of nitrogens with zero attached hydrogens (tertiary/aromatic N) is 4. The lowest BCUT2D eigenvalue weighted by Crippen LogP contribution is -2.22. The molecule has 2 heterocycles. The van der Waals surface area contributed by atoms with Gasteiger partial charge >= 0.3 is 0 Å². The van der Waals surface area contributed by atoms with Gasteiger partial charge in [-0.05, 0) is 22.4 Å². The van der Waals surface area contributed by atoms with Crippen LogP contribution in [0.4, 0.5) is 5.82 Å². The normalized spacial score (nSPS) is 11.5. The number of pyridine rings is 1. The summed E-state index contributed by atoms with van der Waals surface area (Å²) in [7, 11) is 0. The molecule has 2 aromatic heterocycles. The van der Waals surface area contributed by atoms with Crippen LogP contribution >= 0.6 is 0 Å². The van der Waals surface area contributed by atoms with Crippen molar-refractivity contribution in [3.8, 4) is 0 Å². The number of amidine groups is 1. The largest absolute Gasteiger partial charge is 0.379 e. The van der Waals surface area contributed by atoms with E-state index >= 15 is 0 Å². The van der Waals surface area contributed by atoms with E-state index in [1.54, 1.807) is 12.3 Å². The van der Waals surface area contributed by atoms with Gasteiger partial charge in [-0.3, -0.25) is 20.7 Å². The van der Waals surface area contributed by atoms with Crippen LogP contribution in [0.2, 0.25) is 0 Å². The summed E-state index contributed by atoms with van der Waals surface area (Å²) in [5.41, 5.74) is 8.27. The summed E-state index contributed by atoms with van der Waals surface area (Å²) >= 11 is 0. The standard InChI is InChI=1S/C9H10N6O2/c10-8-7(14-17-15-8)9(13-16)12-5-6-3-1-2-4-11-6/h1-4,16H,5H2,(H2,10,15)(H,12,13). The number of nitrogens with two attached hydrogens (primary N) is 1. The van der Waals surface area contributed by atoms with Crippen molar-refractivity contribution >= 4 is 11.7 Å². The second-order valence-electron chi connectivity index (χ2n) is 3.10. The number of aromatic nitrogens is 3. The van der Waals surface area contributed by atoms with E-state index in [9.17, 15) is 0 Å². The molecule has 2 rings (SSSR count). The highest BCUT2D eigenvalue weighted by atomic mass is 16.6. The smallest absolute Gasteiger partial charge is 0.199 e. The molecule has 0 bridgehead atoms. The molecular weight excluding hydrogens is 224 g/mol. The van der Waals surface area contributed by atoms with Gasteiger partial charge in [0, 0.05) is 6.20 Å². The molecule has 4 N–H and O–H groups in total. The van der Waals surface area contributed by atoms with Crippen LogP contribution in [-0.4, -0.2) is 26.3 Å². The fourth-order valence-electron chi connectivity index (χ4n) is 1.17. The third-order valence-corrected chi connectivity index (χ3v) is 1.97. The Morgan fingerprint density at radius 2 is 2.35 bits per heavy atom. The molecule has 8 nitrogen and oxygen atoms in total. The molecule has 0 saturated carbocycles. The zero-order chi connectivity index (χ0) is 12.1. The van der Waals surface area contributed by atoms with Crippen LogP contribution < -0.4 is 11.2 Å². The summed E-state index contributed by atoms with van der Waals surface area (Å²) < 4.78 is 4.41. The number of rotatable bonds is 3. The molecule has 0 atom stereocenters. The fourth-order valence-corrected chi connectivity index (χ4v) is 1.17. The Hall–Kier alpha value is -2.48. The van der Waals surface area contributed by atoms with Crippen LogP contribution in [0.15, 0.2) is 34.0 Å². The van der Waals surface area contributed by atoms with Crippen LogP contribution in [-0.2, 0) is 6.54 Å². The number of nitrogens with one attached hydrogen (secondary N) is 1. The van der Waals surface area contributed by atoms with E-state index in [0.717, 1.165) is 5.69 Å². The minimum Gasteiger partial charge on any atom is -0.379 e. The van der Waals surface area contributed by atoms with Crippen molar-refractivity contribution in [2.24, 2.45) is 4.99 Å². The Kier molecular flexibility index (Phi) is 3.26. The lowest BCUT2D eigenvalue weighted by molar-refractivity contribution is 0.233. The third-order valence-electron chi connectivity index (χ3n) is 1.97. The highest BCUT2D eigenvalue weighted by Gasteiger charge is 2.12. The zero-order valence-corrected chi connectivity index (χ0v) is 8.74.